The van der Waals surface area contributed by atoms with Crippen LogP contribution >= 0.6 is 11.6 Å². The molecule has 1 aromatic heterocycles. The minimum absolute atomic E-state index is 0.109. The Kier molecular flexibility index (Phi) is 4.88. The van der Waals surface area contributed by atoms with Gasteiger partial charge in [-0.2, -0.15) is 0 Å². The van der Waals surface area contributed by atoms with E-state index >= 15 is 0 Å². The Bertz CT molecular complexity index is 487. The van der Waals surface area contributed by atoms with Crippen LogP contribution in [0.25, 0.3) is 0 Å². The van der Waals surface area contributed by atoms with E-state index in [4.69, 9.17) is 21.1 Å². The number of likely N-dealkylation sites (tertiary alicyclic amines) is 1. The molecule has 1 saturated heterocycles. The van der Waals surface area contributed by atoms with Gasteiger partial charge in [-0.1, -0.05) is 11.6 Å². The number of ether oxygens (including phenoxy) is 2. The molecule has 0 saturated carbocycles. The Morgan fingerprint density at radius 3 is 2.76 bits per heavy atom. The second kappa shape index (κ2) is 6.47. The van der Waals surface area contributed by atoms with Crippen LogP contribution in [0.2, 0.25) is 5.15 Å². The van der Waals surface area contributed by atoms with Crippen LogP contribution in [0, 0.1) is 0 Å². The summed E-state index contributed by atoms with van der Waals surface area (Å²) in [6.45, 7) is 6.73. The summed E-state index contributed by atoms with van der Waals surface area (Å²) < 4.78 is 11.1. The number of hydrogen-bond donors (Lipinski definition) is 0. The first-order valence-electron chi connectivity index (χ1n) is 6.97. The van der Waals surface area contributed by atoms with Crippen molar-refractivity contribution in [2.24, 2.45) is 0 Å². The number of carbonyl (C=O) groups is 1. The summed E-state index contributed by atoms with van der Waals surface area (Å²) >= 11 is 5.68. The van der Waals surface area contributed by atoms with Gasteiger partial charge in [0, 0.05) is 12.6 Å². The maximum atomic E-state index is 12.1. The summed E-state index contributed by atoms with van der Waals surface area (Å²) in [4.78, 5) is 13.7. The van der Waals surface area contributed by atoms with Gasteiger partial charge in [-0.25, -0.2) is 4.79 Å². The molecule has 7 heteroatoms. The highest BCUT2D eigenvalue weighted by molar-refractivity contribution is 6.29. The zero-order chi connectivity index (χ0) is 15.5. The van der Waals surface area contributed by atoms with Crippen molar-refractivity contribution in [2.45, 2.75) is 45.3 Å². The number of hydrogen-bond acceptors (Lipinski definition) is 5. The van der Waals surface area contributed by atoms with Crippen molar-refractivity contribution in [3.63, 3.8) is 0 Å². The highest BCUT2D eigenvalue weighted by atomic mass is 35.5. The van der Waals surface area contributed by atoms with E-state index in [2.05, 4.69) is 10.2 Å². The van der Waals surface area contributed by atoms with E-state index in [-0.39, 0.29) is 12.2 Å². The van der Waals surface area contributed by atoms with Crippen molar-refractivity contribution >= 4 is 17.7 Å². The molecule has 1 aliphatic rings. The second-order valence-corrected chi connectivity index (χ2v) is 6.39. The lowest BCUT2D eigenvalue weighted by atomic mass is 10.1. The van der Waals surface area contributed by atoms with Crippen LogP contribution in [0.15, 0.2) is 12.1 Å². The molecule has 0 N–H and O–H groups in total. The Morgan fingerprint density at radius 2 is 2.14 bits per heavy atom. The first-order chi connectivity index (χ1) is 9.83. The molecule has 6 nitrogen and oxygen atoms in total. The Labute approximate surface area is 129 Å². The van der Waals surface area contributed by atoms with Crippen molar-refractivity contribution in [3.05, 3.63) is 17.3 Å². The minimum Gasteiger partial charge on any atom is -0.471 e. The van der Waals surface area contributed by atoms with Gasteiger partial charge < -0.3 is 14.4 Å². The molecule has 1 amide bonds. The molecule has 1 atom stereocenters. The fourth-order valence-corrected chi connectivity index (χ4v) is 2.16. The molecule has 1 fully saturated rings. The van der Waals surface area contributed by atoms with Crippen molar-refractivity contribution in [2.75, 3.05) is 13.1 Å². The molecule has 2 heterocycles. The number of amides is 1. The van der Waals surface area contributed by atoms with Crippen LogP contribution < -0.4 is 4.74 Å². The van der Waals surface area contributed by atoms with Gasteiger partial charge in [-0.15, -0.1) is 10.2 Å². The fourth-order valence-electron chi connectivity index (χ4n) is 2.06. The van der Waals surface area contributed by atoms with Gasteiger partial charge in [-0.05, 0) is 39.7 Å². The summed E-state index contributed by atoms with van der Waals surface area (Å²) in [6, 6.07) is 3.29. The molecule has 21 heavy (non-hydrogen) atoms. The standard InChI is InChI=1S/C14H20ClN3O3/c1-14(2,3)21-13(19)18-8-4-5-10(9-18)20-12-7-6-11(15)16-17-12/h6-7,10H,4-5,8-9H2,1-3H3/t10-/m0/s1. The summed E-state index contributed by atoms with van der Waals surface area (Å²) in [5, 5.41) is 7.92. The van der Waals surface area contributed by atoms with Crippen LogP contribution in [-0.4, -0.2) is 46.0 Å². The lowest BCUT2D eigenvalue weighted by Crippen LogP contribution is -2.46. The van der Waals surface area contributed by atoms with Crippen LogP contribution in [-0.2, 0) is 4.74 Å². The largest absolute Gasteiger partial charge is 0.471 e. The van der Waals surface area contributed by atoms with Gasteiger partial charge in [-0.3, -0.25) is 0 Å². The van der Waals surface area contributed by atoms with Crippen LogP contribution in [0.4, 0.5) is 4.79 Å². The number of rotatable bonds is 2. The number of halogens is 1. The highest BCUT2D eigenvalue weighted by Crippen LogP contribution is 2.19. The summed E-state index contributed by atoms with van der Waals surface area (Å²) in [7, 11) is 0. The van der Waals surface area contributed by atoms with Crippen molar-refractivity contribution in [1.29, 1.82) is 0 Å². The fraction of sp³-hybridized carbons (Fsp3) is 0.643. The quantitative estimate of drug-likeness (QED) is 0.840. The van der Waals surface area contributed by atoms with E-state index in [9.17, 15) is 4.79 Å². The number of nitrogens with zero attached hydrogens (tertiary/aromatic N) is 3. The summed E-state index contributed by atoms with van der Waals surface area (Å²) in [5.41, 5.74) is -0.494. The normalized spacial score (nSPS) is 19.2. The predicted molar refractivity (Wildman–Crippen MR) is 78.5 cm³/mol. The first kappa shape index (κ1) is 15.8. The molecular formula is C14H20ClN3O3. The third-order valence-corrected chi connectivity index (χ3v) is 3.13. The van der Waals surface area contributed by atoms with E-state index in [1.165, 1.54) is 0 Å². The van der Waals surface area contributed by atoms with Gasteiger partial charge in [0.25, 0.3) is 0 Å². The summed E-state index contributed by atoms with van der Waals surface area (Å²) in [5.74, 6) is 0.412. The van der Waals surface area contributed by atoms with E-state index in [1.807, 2.05) is 20.8 Å². The average molecular weight is 314 g/mol. The van der Waals surface area contributed by atoms with Gasteiger partial charge >= 0.3 is 6.09 Å². The third kappa shape index (κ3) is 5.04. The van der Waals surface area contributed by atoms with Gasteiger partial charge in [0.05, 0.1) is 6.54 Å². The van der Waals surface area contributed by atoms with Crippen LogP contribution in [0.3, 0.4) is 0 Å². The lowest BCUT2D eigenvalue weighted by molar-refractivity contribution is 0.00712. The second-order valence-electron chi connectivity index (χ2n) is 6.00. The molecule has 0 bridgehead atoms. The van der Waals surface area contributed by atoms with Crippen LogP contribution in [0.5, 0.6) is 5.88 Å². The maximum absolute atomic E-state index is 12.1. The molecule has 0 aromatic carbocycles. The van der Waals surface area contributed by atoms with Gasteiger partial charge in [0.15, 0.2) is 5.15 Å². The molecule has 0 aliphatic carbocycles. The molecule has 116 valence electrons. The van der Waals surface area contributed by atoms with E-state index in [0.717, 1.165) is 12.8 Å². The molecule has 0 radical (unpaired) electrons. The minimum atomic E-state index is -0.494. The predicted octanol–water partition coefficient (Wildman–Crippen LogP) is 2.91. The van der Waals surface area contributed by atoms with E-state index < -0.39 is 5.60 Å². The zero-order valence-electron chi connectivity index (χ0n) is 12.5. The Balaban J connectivity index is 1.91. The molecular weight excluding hydrogens is 294 g/mol. The lowest BCUT2D eigenvalue weighted by Gasteiger charge is -2.33. The Morgan fingerprint density at radius 1 is 1.38 bits per heavy atom. The topological polar surface area (TPSA) is 64.5 Å². The maximum Gasteiger partial charge on any atom is 0.410 e. The van der Waals surface area contributed by atoms with Crippen LogP contribution in [0.1, 0.15) is 33.6 Å². The monoisotopic (exact) mass is 313 g/mol. The third-order valence-electron chi connectivity index (χ3n) is 2.92. The SMILES string of the molecule is CC(C)(C)OC(=O)N1CCC[C@H](Oc2ccc(Cl)nn2)C1. The number of aromatic nitrogens is 2. The first-order valence-corrected chi connectivity index (χ1v) is 7.35. The molecule has 1 aromatic rings. The number of piperidine rings is 1. The zero-order valence-corrected chi connectivity index (χ0v) is 13.3. The molecule has 0 spiro atoms. The smallest absolute Gasteiger partial charge is 0.410 e. The highest BCUT2D eigenvalue weighted by Gasteiger charge is 2.28. The average Bonchev–Trinajstić information content (AvgIpc) is 2.40. The van der Waals surface area contributed by atoms with Gasteiger partial charge in [0.2, 0.25) is 5.88 Å². The number of carbonyl (C=O) groups excluding carboxylic acids is 1. The van der Waals surface area contributed by atoms with Crippen molar-refractivity contribution < 1.29 is 14.3 Å². The molecule has 1 aliphatic heterocycles. The van der Waals surface area contributed by atoms with E-state index in [1.54, 1.807) is 17.0 Å². The van der Waals surface area contributed by atoms with Gasteiger partial charge in [0.1, 0.15) is 11.7 Å². The Hall–Kier alpha value is -1.56. The van der Waals surface area contributed by atoms with E-state index in [0.29, 0.717) is 24.1 Å². The molecule has 2 rings (SSSR count). The van der Waals surface area contributed by atoms with Crippen molar-refractivity contribution in [1.82, 2.24) is 15.1 Å². The van der Waals surface area contributed by atoms with Crippen molar-refractivity contribution in [3.8, 4) is 5.88 Å². The molecule has 0 unspecified atom stereocenters. The summed E-state index contributed by atoms with van der Waals surface area (Å²) in [6.07, 6.45) is 1.31.